The maximum Gasteiger partial charge on any atom is 0.418 e. The van der Waals surface area contributed by atoms with E-state index >= 15 is 4.39 Å². The van der Waals surface area contributed by atoms with Gasteiger partial charge < -0.3 is 46.1 Å². The fraction of sp³-hybridized carbons (Fsp3) is 0.519. The second-order valence-corrected chi connectivity index (χ2v) is 22.6. The first-order valence-electron chi connectivity index (χ1n) is 25.9. The van der Waals surface area contributed by atoms with Crippen LogP contribution in [0.2, 0.25) is 5.02 Å². The number of piperazine rings is 1. The van der Waals surface area contributed by atoms with Gasteiger partial charge in [0.2, 0.25) is 17.7 Å². The molecule has 2 aromatic carbocycles. The van der Waals surface area contributed by atoms with Gasteiger partial charge in [0.1, 0.15) is 42.4 Å². The van der Waals surface area contributed by atoms with Crippen LogP contribution in [-0.4, -0.2) is 142 Å². The second kappa shape index (κ2) is 24.4. The molecule has 5 aromatic rings. The third-order valence-electron chi connectivity index (χ3n) is 14.5. The number of carbonyl (C=O) groups excluding carboxylic acids is 3. The molecule has 0 spiro atoms. The number of nitrogens with zero attached hydrogens (tertiary/aromatic N) is 8. The highest BCUT2D eigenvalue weighted by atomic mass is 35.5. The second-order valence-electron chi connectivity index (χ2n) is 21.3. The molecular formula is C54H65ClF4N12O6S. The topological polar surface area (TPSA) is 237 Å². The van der Waals surface area contributed by atoms with Crippen LogP contribution in [0.1, 0.15) is 81.8 Å². The number of thiazole rings is 1. The highest BCUT2D eigenvalue weighted by Gasteiger charge is 2.45. The average molecular weight is 1120 g/mol. The molecule has 3 aliphatic heterocycles. The number of hydrogen-bond acceptors (Lipinski definition) is 16. The van der Waals surface area contributed by atoms with Gasteiger partial charge >= 0.3 is 12.2 Å². The van der Waals surface area contributed by atoms with Crippen LogP contribution in [0.25, 0.3) is 32.6 Å². The van der Waals surface area contributed by atoms with Crippen LogP contribution in [0.15, 0.2) is 41.9 Å². The summed E-state index contributed by atoms with van der Waals surface area (Å²) in [6, 6.07) is 9.56. The van der Waals surface area contributed by atoms with E-state index in [0.717, 1.165) is 40.6 Å². The van der Waals surface area contributed by atoms with Crippen LogP contribution in [-0.2, 0) is 25.3 Å². The van der Waals surface area contributed by atoms with Gasteiger partial charge in [0.05, 0.1) is 69.2 Å². The Morgan fingerprint density at radius 3 is 2.45 bits per heavy atom. The number of aryl methyl sites for hydroxylation is 2. The maximum absolute atomic E-state index is 16.9. The van der Waals surface area contributed by atoms with Gasteiger partial charge in [0.15, 0.2) is 5.82 Å². The molecule has 6 heterocycles. The minimum atomic E-state index is -4.92. The number of β-amino-alcohol motifs (C(OH)–C–C–N with tert-alkyl or cyclic N) is 1. The molecule has 18 nitrogen and oxygen atoms in total. The summed E-state index contributed by atoms with van der Waals surface area (Å²) in [6.45, 7) is 13.4. The zero-order valence-electron chi connectivity index (χ0n) is 44.3. The first-order valence-corrected chi connectivity index (χ1v) is 27.2. The average Bonchev–Trinajstić information content (AvgIpc) is 4.01. The summed E-state index contributed by atoms with van der Waals surface area (Å²) >= 11 is 8.18. The molecule has 0 radical (unpaired) electrons. The molecule has 3 saturated heterocycles. The van der Waals surface area contributed by atoms with Gasteiger partial charge in [-0.3, -0.25) is 19.3 Å². The molecule has 3 aliphatic rings. The minimum Gasteiger partial charge on any atom is -0.462 e. The van der Waals surface area contributed by atoms with E-state index in [1.165, 1.54) is 17.9 Å². The molecule has 24 heteroatoms. The molecule has 8 rings (SSSR count). The number of carbonyl (C=O) groups is 3. The van der Waals surface area contributed by atoms with Crippen molar-refractivity contribution in [3.8, 4) is 33.8 Å². The third-order valence-corrected chi connectivity index (χ3v) is 15.8. The minimum absolute atomic E-state index is 0.0543. The number of rotatable bonds is 17. The number of ether oxygens (including phenoxy) is 2. The van der Waals surface area contributed by atoms with E-state index in [0.29, 0.717) is 45.9 Å². The molecule has 0 aliphatic carbocycles. The first kappa shape index (κ1) is 57.9. The van der Waals surface area contributed by atoms with Crippen LogP contribution < -0.4 is 31.3 Å². The highest BCUT2D eigenvalue weighted by molar-refractivity contribution is 7.13. The van der Waals surface area contributed by atoms with Crippen molar-refractivity contribution in [1.82, 2.24) is 45.7 Å². The van der Waals surface area contributed by atoms with Gasteiger partial charge in [-0.1, -0.05) is 56.6 Å². The number of anilines is 2. The number of likely N-dealkylation sites (tertiary alicyclic amines) is 2. The molecule has 5 atom stereocenters. The number of pyridine rings is 1. The van der Waals surface area contributed by atoms with Crippen LogP contribution >= 0.6 is 22.9 Å². The molecule has 3 aromatic heterocycles. The smallest absolute Gasteiger partial charge is 0.418 e. The Morgan fingerprint density at radius 1 is 1.05 bits per heavy atom. The van der Waals surface area contributed by atoms with Crippen molar-refractivity contribution in [3.63, 3.8) is 0 Å². The molecule has 6 N–H and O–H groups in total. The van der Waals surface area contributed by atoms with Crippen molar-refractivity contribution in [2.24, 2.45) is 11.3 Å². The number of benzene rings is 2. The number of hydrogen-bond donors (Lipinski definition) is 5. The molecule has 0 bridgehead atoms. The fourth-order valence-electron chi connectivity index (χ4n) is 10.4. The van der Waals surface area contributed by atoms with Gasteiger partial charge in [-0.2, -0.15) is 28.4 Å². The van der Waals surface area contributed by atoms with Crippen LogP contribution in [0.4, 0.5) is 29.2 Å². The van der Waals surface area contributed by atoms with Crippen molar-refractivity contribution < 1.29 is 46.5 Å². The van der Waals surface area contributed by atoms with E-state index in [4.69, 9.17) is 26.8 Å². The normalized spacial score (nSPS) is 19.4. The Balaban J connectivity index is 0.849. The van der Waals surface area contributed by atoms with Crippen LogP contribution in [0.3, 0.4) is 0 Å². The van der Waals surface area contributed by atoms with Crippen molar-refractivity contribution >= 4 is 63.2 Å². The quantitative estimate of drug-likeness (QED) is 0.0590. The number of nitriles is 1. The standard InChI is InChI=1S/C54H65ClF4N12O6S/c1-29-21-40(61)65-46(43(29)54(57,58)59)42-38(55)23-37-45(44(42)56)67-52(68-49(37)70-18-15-62-35(24-70)11-14-60)77-20-19-69-16-12-32(13-17-69)26-76-27-41(73)66-48(53(4,5)6)51(75)71-25-36(72)22-39(71)50(74)64-30(2)33-7-9-34(10-8-33)47-31(3)63-28-78-47/h7-10,21,23,28,30,32,35-36,39,48,62,72H,11-13,15-20,22,24-27H2,1-6H3,(H2,61,65)(H,64,74)(H,66,73)/t30-,35-,36+,39-,48+/m0/s1. The third kappa shape index (κ3) is 13.4. The number of fused-ring (bicyclic) bond motifs is 1. The fourth-order valence-corrected chi connectivity index (χ4v) is 11.5. The van der Waals surface area contributed by atoms with E-state index in [-0.39, 0.29) is 89.7 Å². The van der Waals surface area contributed by atoms with Crippen molar-refractivity contribution in [3.05, 3.63) is 75.1 Å². The van der Waals surface area contributed by atoms with E-state index in [9.17, 15) is 37.9 Å². The predicted molar refractivity (Wildman–Crippen MR) is 288 cm³/mol. The first-order chi connectivity index (χ1) is 37.0. The van der Waals surface area contributed by atoms with Crippen LogP contribution in [0, 0.1) is 42.3 Å². The summed E-state index contributed by atoms with van der Waals surface area (Å²) in [7, 11) is 0. The summed E-state index contributed by atoms with van der Waals surface area (Å²) in [4.78, 5) is 65.0. The SMILES string of the molecule is Cc1cc(N)nc(-c2c(Cl)cc3c(N4CCN[C@@H](CC#N)C4)nc(OCCN4CCC(COCC(=O)N[C@H](C(=O)N5C[C@H](O)C[C@H]5C(=O)N[C@@H](C)c5ccc(-c6scnc6C)cc5)C(C)(C)C)CC4)nc3c2F)c1C(F)(F)F. The number of piperidine rings is 1. The Morgan fingerprint density at radius 2 is 1.78 bits per heavy atom. The van der Waals surface area contributed by atoms with Gasteiger partial charge in [0, 0.05) is 50.6 Å². The predicted octanol–water partition coefficient (Wildman–Crippen LogP) is 7.00. The van der Waals surface area contributed by atoms with Gasteiger partial charge in [-0.25, -0.2) is 14.4 Å². The zero-order chi connectivity index (χ0) is 56.2. The number of aliphatic hydroxyl groups is 1. The lowest BCUT2D eigenvalue weighted by molar-refractivity contribution is -0.144. The Hall–Kier alpha value is -6.29. The summed E-state index contributed by atoms with van der Waals surface area (Å²) in [5.41, 5.74) is 6.58. The largest absolute Gasteiger partial charge is 0.462 e. The lowest BCUT2D eigenvalue weighted by Gasteiger charge is -2.35. The maximum atomic E-state index is 16.9. The molecule has 0 saturated carbocycles. The van der Waals surface area contributed by atoms with Gasteiger partial charge in [-0.15, -0.1) is 11.3 Å². The van der Waals surface area contributed by atoms with E-state index < -0.39 is 70.1 Å². The molecule has 78 heavy (non-hydrogen) atoms. The zero-order valence-corrected chi connectivity index (χ0v) is 45.9. The summed E-state index contributed by atoms with van der Waals surface area (Å²) in [5.74, 6) is -2.43. The number of aliphatic hydroxyl groups excluding tert-OH is 1. The van der Waals surface area contributed by atoms with Crippen molar-refractivity contribution in [2.75, 3.05) is 76.3 Å². The van der Waals surface area contributed by atoms with Crippen molar-refractivity contribution in [2.45, 2.75) is 104 Å². The number of halogens is 5. The molecule has 3 fully saturated rings. The Labute approximate surface area is 459 Å². The van der Waals surface area contributed by atoms with E-state index in [1.54, 1.807) is 16.8 Å². The van der Waals surface area contributed by atoms with Crippen LogP contribution in [0.5, 0.6) is 6.01 Å². The van der Waals surface area contributed by atoms with E-state index in [2.05, 4.69) is 46.9 Å². The van der Waals surface area contributed by atoms with Gasteiger partial charge in [0.25, 0.3) is 0 Å². The molecule has 418 valence electrons. The number of alkyl halides is 3. The Bertz CT molecular complexity index is 3040. The molecular weight excluding hydrogens is 1060 g/mol. The highest BCUT2D eigenvalue weighted by Crippen LogP contribution is 2.45. The number of nitrogens with two attached hydrogens (primary N) is 1. The lowest BCUT2D eigenvalue weighted by atomic mass is 9.85. The molecule has 0 unspecified atom stereocenters. The number of nitrogens with one attached hydrogen (secondary N) is 3. The lowest BCUT2D eigenvalue weighted by Crippen LogP contribution is -2.58. The Kier molecular flexibility index (Phi) is 18.1. The summed E-state index contributed by atoms with van der Waals surface area (Å²) in [5, 5.41) is 29.0. The van der Waals surface area contributed by atoms with E-state index in [1.807, 2.05) is 63.8 Å². The summed E-state index contributed by atoms with van der Waals surface area (Å²) in [6.07, 6.45) is -4.14. The summed E-state index contributed by atoms with van der Waals surface area (Å²) < 4.78 is 72.2. The van der Waals surface area contributed by atoms with Gasteiger partial charge in [-0.05, 0) is 86.9 Å². The monoisotopic (exact) mass is 1120 g/mol. The number of aromatic nitrogens is 4. The van der Waals surface area contributed by atoms with Crippen molar-refractivity contribution in [1.29, 1.82) is 5.26 Å². The number of amides is 3. The molecule has 3 amide bonds. The number of nitrogen functional groups attached to an aromatic ring is 1.